The van der Waals surface area contributed by atoms with Crippen LogP contribution >= 0.6 is 39.1 Å². The molecule has 0 aliphatic rings. The van der Waals surface area contributed by atoms with Crippen LogP contribution in [0, 0.1) is 0 Å². The average Bonchev–Trinajstić information content (AvgIpc) is 2.39. The molecule has 0 saturated carbocycles. The Labute approximate surface area is 132 Å². The Morgan fingerprint density at radius 3 is 2.37 bits per heavy atom. The minimum Gasteiger partial charge on any atom is -0.313 e. The molecule has 1 N–H and O–H groups in total. The van der Waals surface area contributed by atoms with E-state index in [2.05, 4.69) is 33.4 Å². The normalized spacial score (nSPS) is 12.4. The third kappa shape index (κ3) is 3.96. The number of hydrogen-bond acceptors (Lipinski definition) is 1. The second-order valence-electron chi connectivity index (χ2n) is 4.34. The fourth-order valence-corrected chi connectivity index (χ4v) is 2.81. The van der Waals surface area contributed by atoms with E-state index in [0.29, 0.717) is 10.0 Å². The van der Waals surface area contributed by atoms with Crippen LogP contribution in [0.5, 0.6) is 0 Å². The summed E-state index contributed by atoms with van der Waals surface area (Å²) in [6.45, 7) is 0. The minimum atomic E-state index is 0.172. The van der Waals surface area contributed by atoms with Gasteiger partial charge in [-0.1, -0.05) is 57.3 Å². The van der Waals surface area contributed by atoms with Gasteiger partial charge < -0.3 is 5.32 Å². The third-order valence-corrected chi connectivity index (χ3v) is 4.13. The molecule has 0 bridgehead atoms. The first-order valence-corrected chi connectivity index (χ1v) is 7.51. The van der Waals surface area contributed by atoms with Crippen molar-refractivity contribution < 1.29 is 0 Å². The van der Waals surface area contributed by atoms with Crippen LogP contribution in [0.3, 0.4) is 0 Å². The monoisotopic (exact) mass is 357 g/mol. The van der Waals surface area contributed by atoms with Gasteiger partial charge in [0, 0.05) is 20.6 Å². The Morgan fingerprint density at radius 2 is 1.79 bits per heavy atom. The van der Waals surface area contributed by atoms with Crippen molar-refractivity contribution in [3.63, 3.8) is 0 Å². The van der Waals surface area contributed by atoms with E-state index in [9.17, 15) is 0 Å². The van der Waals surface area contributed by atoms with Gasteiger partial charge in [-0.2, -0.15) is 0 Å². The lowest BCUT2D eigenvalue weighted by Crippen LogP contribution is -2.19. The third-order valence-electron chi connectivity index (χ3n) is 3.04. The number of benzene rings is 2. The lowest BCUT2D eigenvalue weighted by Gasteiger charge is -2.18. The lowest BCUT2D eigenvalue weighted by molar-refractivity contribution is 0.592. The zero-order valence-electron chi connectivity index (χ0n) is 10.5. The molecule has 4 heteroatoms. The van der Waals surface area contributed by atoms with E-state index in [1.165, 1.54) is 5.56 Å². The number of hydrogen-bond donors (Lipinski definition) is 1. The van der Waals surface area contributed by atoms with Gasteiger partial charge >= 0.3 is 0 Å². The van der Waals surface area contributed by atoms with Crippen LogP contribution < -0.4 is 5.32 Å². The van der Waals surface area contributed by atoms with Crippen LogP contribution in [-0.2, 0) is 6.42 Å². The minimum absolute atomic E-state index is 0.172. The molecule has 0 spiro atoms. The van der Waals surface area contributed by atoms with Gasteiger partial charge in [-0.15, -0.1) is 0 Å². The highest BCUT2D eigenvalue weighted by Crippen LogP contribution is 2.28. The molecule has 0 heterocycles. The molecule has 2 rings (SSSR count). The number of rotatable bonds is 4. The molecule has 0 radical (unpaired) electrons. The van der Waals surface area contributed by atoms with Crippen LogP contribution in [0.15, 0.2) is 46.9 Å². The summed E-state index contributed by atoms with van der Waals surface area (Å²) in [6, 6.07) is 14.1. The molecule has 1 unspecified atom stereocenters. The summed E-state index contributed by atoms with van der Waals surface area (Å²) in [5.41, 5.74) is 2.32. The summed E-state index contributed by atoms with van der Waals surface area (Å²) in [4.78, 5) is 0. The van der Waals surface area contributed by atoms with Crippen LogP contribution in [-0.4, -0.2) is 7.05 Å². The highest BCUT2D eigenvalue weighted by atomic mass is 79.9. The van der Waals surface area contributed by atoms with E-state index in [0.717, 1.165) is 16.5 Å². The summed E-state index contributed by atoms with van der Waals surface area (Å²) < 4.78 is 1.08. The van der Waals surface area contributed by atoms with Gasteiger partial charge in [0.15, 0.2) is 0 Å². The SMILES string of the molecule is CNC(Cc1ccc(Br)cc1)c1ccc(Cl)cc1Cl. The fraction of sp³-hybridized carbons (Fsp3) is 0.200. The first-order chi connectivity index (χ1) is 9.10. The fourth-order valence-electron chi connectivity index (χ4n) is 2.01. The Balaban J connectivity index is 2.22. The zero-order chi connectivity index (χ0) is 13.8. The molecule has 19 heavy (non-hydrogen) atoms. The van der Waals surface area contributed by atoms with Crippen LogP contribution in [0.1, 0.15) is 17.2 Å². The number of nitrogens with one attached hydrogen (secondary N) is 1. The van der Waals surface area contributed by atoms with Crippen molar-refractivity contribution in [2.45, 2.75) is 12.5 Å². The van der Waals surface area contributed by atoms with E-state index in [1.54, 1.807) is 6.07 Å². The molecule has 1 nitrogen and oxygen atoms in total. The quantitative estimate of drug-likeness (QED) is 0.786. The van der Waals surface area contributed by atoms with Crippen molar-refractivity contribution in [2.75, 3.05) is 7.05 Å². The maximum absolute atomic E-state index is 6.26. The van der Waals surface area contributed by atoms with Gasteiger partial charge in [0.2, 0.25) is 0 Å². The van der Waals surface area contributed by atoms with Crippen molar-refractivity contribution >= 4 is 39.1 Å². The smallest absolute Gasteiger partial charge is 0.0468 e. The van der Waals surface area contributed by atoms with Gasteiger partial charge in [0.1, 0.15) is 0 Å². The molecule has 0 aromatic heterocycles. The second kappa shape index (κ2) is 6.76. The summed E-state index contributed by atoms with van der Waals surface area (Å²) in [5, 5.41) is 4.66. The lowest BCUT2D eigenvalue weighted by atomic mass is 9.99. The summed E-state index contributed by atoms with van der Waals surface area (Å²) in [5.74, 6) is 0. The molecule has 0 amide bonds. The molecule has 2 aromatic carbocycles. The van der Waals surface area contributed by atoms with Gasteiger partial charge in [0.05, 0.1) is 0 Å². The molecule has 0 aliphatic heterocycles. The maximum Gasteiger partial charge on any atom is 0.0468 e. The van der Waals surface area contributed by atoms with E-state index in [1.807, 2.05) is 31.3 Å². The van der Waals surface area contributed by atoms with Crippen molar-refractivity contribution in [3.05, 3.63) is 68.1 Å². The molecule has 0 fully saturated rings. The highest BCUT2D eigenvalue weighted by molar-refractivity contribution is 9.10. The molecule has 0 aliphatic carbocycles. The van der Waals surface area contributed by atoms with Gasteiger partial charge in [0.25, 0.3) is 0 Å². The topological polar surface area (TPSA) is 12.0 Å². The van der Waals surface area contributed by atoms with Crippen molar-refractivity contribution in [3.8, 4) is 0 Å². The van der Waals surface area contributed by atoms with E-state index >= 15 is 0 Å². The van der Waals surface area contributed by atoms with Gasteiger partial charge in [-0.3, -0.25) is 0 Å². The zero-order valence-corrected chi connectivity index (χ0v) is 13.6. The predicted molar refractivity (Wildman–Crippen MR) is 86.1 cm³/mol. The van der Waals surface area contributed by atoms with Gasteiger partial charge in [-0.25, -0.2) is 0 Å². The van der Waals surface area contributed by atoms with Gasteiger partial charge in [-0.05, 0) is 48.9 Å². The Kier molecular flexibility index (Phi) is 5.28. The van der Waals surface area contributed by atoms with Crippen molar-refractivity contribution in [1.82, 2.24) is 5.32 Å². The van der Waals surface area contributed by atoms with Crippen LogP contribution in [0.4, 0.5) is 0 Å². The van der Waals surface area contributed by atoms with E-state index < -0.39 is 0 Å². The van der Waals surface area contributed by atoms with Crippen LogP contribution in [0.2, 0.25) is 10.0 Å². The molecule has 0 saturated heterocycles. The highest BCUT2D eigenvalue weighted by Gasteiger charge is 2.13. The Bertz CT molecular complexity index is 555. The summed E-state index contributed by atoms with van der Waals surface area (Å²) in [7, 11) is 1.94. The largest absolute Gasteiger partial charge is 0.313 e. The van der Waals surface area contributed by atoms with E-state index in [-0.39, 0.29) is 6.04 Å². The predicted octanol–water partition coefficient (Wildman–Crippen LogP) is 5.26. The summed E-state index contributed by atoms with van der Waals surface area (Å²) >= 11 is 15.6. The maximum atomic E-state index is 6.26. The van der Waals surface area contributed by atoms with Crippen LogP contribution in [0.25, 0.3) is 0 Å². The molecule has 1 atom stereocenters. The standard InChI is InChI=1S/C15H14BrCl2N/c1-19-15(8-10-2-4-11(16)5-3-10)13-7-6-12(17)9-14(13)18/h2-7,9,15,19H,8H2,1H3. The molecular formula is C15H14BrCl2N. The first-order valence-electron chi connectivity index (χ1n) is 5.97. The summed E-state index contributed by atoms with van der Waals surface area (Å²) in [6.07, 6.45) is 0.880. The molecule has 2 aromatic rings. The first kappa shape index (κ1) is 14.9. The molecule has 100 valence electrons. The average molecular weight is 359 g/mol. The number of likely N-dealkylation sites (N-methyl/N-ethyl adjacent to an activating group) is 1. The Hall–Kier alpha value is -0.540. The van der Waals surface area contributed by atoms with E-state index in [4.69, 9.17) is 23.2 Å². The van der Waals surface area contributed by atoms with Crippen molar-refractivity contribution in [2.24, 2.45) is 0 Å². The molecular weight excluding hydrogens is 345 g/mol. The number of halogens is 3. The second-order valence-corrected chi connectivity index (χ2v) is 6.10. The Morgan fingerprint density at radius 1 is 1.11 bits per heavy atom. The van der Waals surface area contributed by atoms with Crippen molar-refractivity contribution in [1.29, 1.82) is 0 Å².